The highest BCUT2D eigenvalue weighted by molar-refractivity contribution is 5.50. The van der Waals surface area contributed by atoms with E-state index in [4.69, 9.17) is 9.47 Å². The summed E-state index contributed by atoms with van der Waals surface area (Å²) in [6.07, 6.45) is 3.54. The maximum Gasteiger partial charge on any atom is 0.218 e. The number of ether oxygens (including phenoxy) is 2. The molecule has 0 aromatic carbocycles. The highest BCUT2D eigenvalue weighted by Crippen LogP contribution is 2.22. The van der Waals surface area contributed by atoms with Gasteiger partial charge in [0.15, 0.2) is 11.6 Å². The average molecular weight is 273 g/mol. The van der Waals surface area contributed by atoms with Gasteiger partial charge in [0, 0.05) is 24.5 Å². The van der Waals surface area contributed by atoms with E-state index < -0.39 is 0 Å². The summed E-state index contributed by atoms with van der Waals surface area (Å²) in [5, 5.41) is 3.24. The van der Waals surface area contributed by atoms with Crippen LogP contribution >= 0.6 is 0 Å². The second-order valence-electron chi connectivity index (χ2n) is 4.54. The third-order valence-corrected chi connectivity index (χ3v) is 2.63. The zero-order chi connectivity index (χ0) is 14.4. The maximum atomic E-state index is 5.69. The van der Waals surface area contributed by atoms with Crippen LogP contribution in [-0.2, 0) is 6.54 Å². The van der Waals surface area contributed by atoms with Crippen LogP contribution in [0, 0.1) is 0 Å². The summed E-state index contributed by atoms with van der Waals surface area (Å²) in [4.78, 5) is 8.52. The molecule has 0 atom stereocenters. The van der Waals surface area contributed by atoms with E-state index in [0.717, 1.165) is 5.56 Å². The molecule has 106 valence electrons. The van der Waals surface area contributed by atoms with Crippen LogP contribution in [0.1, 0.15) is 19.4 Å². The van der Waals surface area contributed by atoms with Gasteiger partial charge >= 0.3 is 0 Å². The standard InChI is InChI=1S/C15H19N3O2/c1-11(2)20-15-12(6-4-9-17-15)10-18-14-13(19-3)7-5-8-16-14/h4-9,11H,10H2,1-3H3,(H,16,18). The second-order valence-corrected chi connectivity index (χ2v) is 4.54. The van der Waals surface area contributed by atoms with Gasteiger partial charge in [0.25, 0.3) is 0 Å². The van der Waals surface area contributed by atoms with E-state index in [-0.39, 0.29) is 6.10 Å². The van der Waals surface area contributed by atoms with Crippen LogP contribution in [0.5, 0.6) is 11.6 Å². The topological polar surface area (TPSA) is 56.3 Å². The van der Waals surface area contributed by atoms with Crippen molar-refractivity contribution in [3.8, 4) is 11.6 Å². The molecule has 0 aliphatic rings. The number of pyridine rings is 2. The molecule has 0 aliphatic carbocycles. The monoisotopic (exact) mass is 273 g/mol. The average Bonchev–Trinajstić information content (AvgIpc) is 2.46. The SMILES string of the molecule is COc1cccnc1NCc1cccnc1OC(C)C. The molecule has 0 saturated heterocycles. The lowest BCUT2D eigenvalue weighted by Gasteiger charge is -2.14. The van der Waals surface area contributed by atoms with Gasteiger partial charge in [0.1, 0.15) is 0 Å². The molecule has 0 unspecified atom stereocenters. The van der Waals surface area contributed by atoms with Crippen molar-refractivity contribution in [3.05, 3.63) is 42.2 Å². The number of hydrogen-bond acceptors (Lipinski definition) is 5. The minimum absolute atomic E-state index is 0.0908. The molecule has 2 aromatic heterocycles. The molecule has 2 rings (SSSR count). The minimum atomic E-state index is 0.0908. The van der Waals surface area contributed by atoms with Crippen LogP contribution < -0.4 is 14.8 Å². The third kappa shape index (κ3) is 3.60. The van der Waals surface area contributed by atoms with Crippen LogP contribution in [-0.4, -0.2) is 23.2 Å². The molecular formula is C15H19N3O2. The van der Waals surface area contributed by atoms with Gasteiger partial charge < -0.3 is 14.8 Å². The number of rotatable bonds is 6. The van der Waals surface area contributed by atoms with Gasteiger partial charge in [0.05, 0.1) is 13.2 Å². The molecule has 0 spiro atoms. The summed E-state index contributed by atoms with van der Waals surface area (Å²) in [5.74, 6) is 2.06. The van der Waals surface area contributed by atoms with Crippen LogP contribution in [0.15, 0.2) is 36.7 Å². The van der Waals surface area contributed by atoms with Crippen molar-refractivity contribution >= 4 is 5.82 Å². The van der Waals surface area contributed by atoms with E-state index in [2.05, 4.69) is 15.3 Å². The Hall–Kier alpha value is -2.30. The molecule has 20 heavy (non-hydrogen) atoms. The maximum absolute atomic E-state index is 5.69. The van der Waals surface area contributed by atoms with E-state index in [1.54, 1.807) is 19.5 Å². The number of anilines is 1. The van der Waals surface area contributed by atoms with Crippen LogP contribution in [0.3, 0.4) is 0 Å². The normalized spacial score (nSPS) is 10.4. The second kappa shape index (κ2) is 6.75. The van der Waals surface area contributed by atoms with Gasteiger partial charge in [-0.3, -0.25) is 0 Å². The first-order chi connectivity index (χ1) is 9.70. The van der Waals surface area contributed by atoms with Crippen molar-refractivity contribution in [2.24, 2.45) is 0 Å². The third-order valence-electron chi connectivity index (χ3n) is 2.63. The van der Waals surface area contributed by atoms with Crippen LogP contribution in [0.4, 0.5) is 5.82 Å². The number of methoxy groups -OCH3 is 1. The molecule has 1 N–H and O–H groups in total. The van der Waals surface area contributed by atoms with Gasteiger partial charge in [0.2, 0.25) is 5.88 Å². The lowest BCUT2D eigenvalue weighted by atomic mass is 10.2. The molecule has 0 fully saturated rings. The Balaban J connectivity index is 2.11. The van der Waals surface area contributed by atoms with Crippen LogP contribution in [0.2, 0.25) is 0 Å². The van der Waals surface area contributed by atoms with E-state index in [1.807, 2.05) is 38.1 Å². The Morgan fingerprint density at radius 3 is 2.65 bits per heavy atom. The molecule has 5 heteroatoms. The largest absolute Gasteiger partial charge is 0.493 e. The summed E-state index contributed by atoms with van der Waals surface area (Å²) in [7, 11) is 1.62. The number of nitrogens with zero attached hydrogens (tertiary/aromatic N) is 2. The summed E-state index contributed by atoms with van der Waals surface area (Å²) in [5.41, 5.74) is 0.980. The Kier molecular flexibility index (Phi) is 4.76. The molecule has 2 heterocycles. The smallest absolute Gasteiger partial charge is 0.218 e. The fraction of sp³-hybridized carbons (Fsp3) is 0.333. The van der Waals surface area contributed by atoms with E-state index >= 15 is 0 Å². The fourth-order valence-corrected chi connectivity index (χ4v) is 1.76. The quantitative estimate of drug-likeness (QED) is 0.877. The Morgan fingerprint density at radius 2 is 1.90 bits per heavy atom. The lowest BCUT2D eigenvalue weighted by molar-refractivity contribution is 0.230. The lowest BCUT2D eigenvalue weighted by Crippen LogP contribution is -2.11. The minimum Gasteiger partial charge on any atom is -0.493 e. The number of nitrogens with one attached hydrogen (secondary N) is 1. The van der Waals surface area contributed by atoms with Crippen molar-refractivity contribution in [3.63, 3.8) is 0 Å². The zero-order valence-corrected chi connectivity index (χ0v) is 12.0. The first-order valence-corrected chi connectivity index (χ1v) is 6.54. The van der Waals surface area contributed by atoms with Crippen molar-refractivity contribution in [1.29, 1.82) is 0 Å². The summed E-state index contributed by atoms with van der Waals surface area (Å²) >= 11 is 0. The highest BCUT2D eigenvalue weighted by Gasteiger charge is 2.08. The fourth-order valence-electron chi connectivity index (χ4n) is 1.76. The molecule has 5 nitrogen and oxygen atoms in total. The first kappa shape index (κ1) is 14.1. The molecule has 0 bridgehead atoms. The van der Waals surface area contributed by atoms with E-state index in [1.165, 1.54) is 0 Å². The van der Waals surface area contributed by atoms with E-state index in [9.17, 15) is 0 Å². The van der Waals surface area contributed by atoms with Crippen molar-refractivity contribution in [1.82, 2.24) is 9.97 Å². The zero-order valence-electron chi connectivity index (χ0n) is 12.0. The molecule has 0 amide bonds. The van der Waals surface area contributed by atoms with Crippen LogP contribution in [0.25, 0.3) is 0 Å². The summed E-state index contributed by atoms with van der Waals surface area (Å²) < 4.78 is 10.9. The highest BCUT2D eigenvalue weighted by atomic mass is 16.5. The van der Waals surface area contributed by atoms with Crippen molar-refractivity contribution in [2.75, 3.05) is 12.4 Å². The first-order valence-electron chi connectivity index (χ1n) is 6.54. The number of hydrogen-bond donors (Lipinski definition) is 1. The Bertz CT molecular complexity index is 558. The Labute approximate surface area is 119 Å². The number of aromatic nitrogens is 2. The Morgan fingerprint density at radius 1 is 1.15 bits per heavy atom. The van der Waals surface area contributed by atoms with Gasteiger partial charge in [-0.25, -0.2) is 9.97 Å². The van der Waals surface area contributed by atoms with Gasteiger partial charge in [-0.1, -0.05) is 6.07 Å². The summed E-state index contributed by atoms with van der Waals surface area (Å²) in [6, 6.07) is 7.57. The van der Waals surface area contributed by atoms with Crippen molar-refractivity contribution < 1.29 is 9.47 Å². The molecular weight excluding hydrogens is 254 g/mol. The molecule has 0 radical (unpaired) electrons. The molecule has 0 saturated carbocycles. The van der Waals surface area contributed by atoms with Crippen molar-refractivity contribution in [2.45, 2.75) is 26.5 Å². The summed E-state index contributed by atoms with van der Waals surface area (Å²) in [6.45, 7) is 4.53. The van der Waals surface area contributed by atoms with Gasteiger partial charge in [-0.2, -0.15) is 0 Å². The van der Waals surface area contributed by atoms with E-state index in [0.29, 0.717) is 24.0 Å². The predicted octanol–water partition coefficient (Wildman–Crippen LogP) is 2.88. The molecule has 0 aliphatic heterocycles. The molecule has 2 aromatic rings. The van der Waals surface area contributed by atoms with Gasteiger partial charge in [-0.15, -0.1) is 0 Å². The predicted molar refractivity (Wildman–Crippen MR) is 78.1 cm³/mol. The van der Waals surface area contributed by atoms with Gasteiger partial charge in [-0.05, 0) is 32.0 Å².